The maximum absolute atomic E-state index is 14.3. The number of hydrogen-bond donors (Lipinski definition) is 1. The van der Waals surface area contributed by atoms with Gasteiger partial charge in [0, 0.05) is 11.1 Å². The zero-order valence-electron chi connectivity index (χ0n) is 15.1. The van der Waals surface area contributed by atoms with Crippen LogP contribution in [0, 0.1) is 5.82 Å². The lowest BCUT2D eigenvalue weighted by Gasteiger charge is -2.17. The van der Waals surface area contributed by atoms with Crippen LogP contribution in [0.15, 0.2) is 60.7 Å². The summed E-state index contributed by atoms with van der Waals surface area (Å²) in [5.74, 6) is -0.925. The predicted molar refractivity (Wildman–Crippen MR) is 101 cm³/mol. The van der Waals surface area contributed by atoms with E-state index in [-0.39, 0.29) is 18.1 Å². The van der Waals surface area contributed by atoms with E-state index in [4.69, 9.17) is 4.74 Å². The van der Waals surface area contributed by atoms with Crippen molar-refractivity contribution in [2.75, 3.05) is 0 Å². The molecule has 4 nitrogen and oxygen atoms in total. The molecule has 0 bridgehead atoms. The van der Waals surface area contributed by atoms with Gasteiger partial charge in [0.15, 0.2) is 0 Å². The quantitative estimate of drug-likeness (QED) is 0.645. The van der Waals surface area contributed by atoms with Crippen molar-refractivity contribution in [3.63, 3.8) is 0 Å². The molecule has 3 aromatic rings. The minimum atomic E-state index is -1.12. The summed E-state index contributed by atoms with van der Waals surface area (Å²) in [7, 11) is 0. The van der Waals surface area contributed by atoms with Crippen molar-refractivity contribution in [1.82, 2.24) is 4.98 Å². The summed E-state index contributed by atoms with van der Waals surface area (Å²) < 4.78 is 20.0. The molecule has 0 aliphatic rings. The van der Waals surface area contributed by atoms with Crippen molar-refractivity contribution >= 4 is 5.97 Å². The normalized spacial score (nSPS) is 10.8. The van der Waals surface area contributed by atoms with Gasteiger partial charge in [0.05, 0.1) is 17.0 Å². The number of para-hydroxylation sites is 1. The molecule has 0 spiro atoms. The summed E-state index contributed by atoms with van der Waals surface area (Å²) in [6, 6.07) is 16.9. The van der Waals surface area contributed by atoms with Gasteiger partial charge in [0.2, 0.25) is 0 Å². The molecule has 0 amide bonds. The van der Waals surface area contributed by atoms with Gasteiger partial charge < -0.3 is 9.84 Å². The SMILES string of the molecule is CC(C)c1nc(COc2ccccc2)c(C(=O)O)cc1-c1ccccc1F. The predicted octanol–water partition coefficient (Wildman–Crippen LogP) is 5.29. The Balaban J connectivity index is 2.08. The lowest BCUT2D eigenvalue weighted by molar-refractivity contribution is 0.0693. The number of rotatable bonds is 6. The molecule has 0 saturated heterocycles. The molecular formula is C22H20FNO3. The van der Waals surface area contributed by atoms with E-state index < -0.39 is 11.8 Å². The van der Waals surface area contributed by atoms with Gasteiger partial charge in [-0.05, 0) is 30.2 Å². The number of nitrogens with zero attached hydrogens (tertiary/aromatic N) is 1. The van der Waals surface area contributed by atoms with Crippen molar-refractivity contribution in [2.45, 2.75) is 26.4 Å². The van der Waals surface area contributed by atoms with Crippen LogP contribution in [-0.4, -0.2) is 16.1 Å². The van der Waals surface area contributed by atoms with E-state index in [1.165, 1.54) is 12.1 Å². The molecule has 1 aromatic heterocycles. The second-order valence-corrected chi connectivity index (χ2v) is 6.46. The second kappa shape index (κ2) is 7.99. The molecule has 5 heteroatoms. The Kier molecular flexibility index (Phi) is 5.50. The lowest BCUT2D eigenvalue weighted by atomic mass is 9.94. The number of aromatic nitrogens is 1. The van der Waals surface area contributed by atoms with Crippen LogP contribution in [0.25, 0.3) is 11.1 Å². The highest BCUT2D eigenvalue weighted by molar-refractivity contribution is 5.91. The van der Waals surface area contributed by atoms with Crippen LogP contribution in [0.2, 0.25) is 0 Å². The Bertz CT molecular complexity index is 955. The van der Waals surface area contributed by atoms with Gasteiger partial charge in [-0.25, -0.2) is 9.18 Å². The molecule has 0 unspecified atom stereocenters. The van der Waals surface area contributed by atoms with E-state index in [1.54, 1.807) is 30.3 Å². The number of carbonyl (C=O) groups is 1. The van der Waals surface area contributed by atoms with Crippen LogP contribution in [0.5, 0.6) is 5.75 Å². The largest absolute Gasteiger partial charge is 0.487 e. The molecule has 1 heterocycles. The number of hydrogen-bond acceptors (Lipinski definition) is 3. The molecule has 0 radical (unpaired) electrons. The minimum Gasteiger partial charge on any atom is -0.487 e. The molecule has 138 valence electrons. The van der Waals surface area contributed by atoms with E-state index in [2.05, 4.69) is 4.98 Å². The van der Waals surface area contributed by atoms with Gasteiger partial charge in [-0.2, -0.15) is 0 Å². The van der Waals surface area contributed by atoms with Crippen LogP contribution < -0.4 is 4.74 Å². The smallest absolute Gasteiger partial charge is 0.337 e. The number of ether oxygens (including phenoxy) is 1. The van der Waals surface area contributed by atoms with Crippen molar-refractivity contribution in [1.29, 1.82) is 0 Å². The first kappa shape index (κ1) is 18.6. The van der Waals surface area contributed by atoms with Crippen LogP contribution >= 0.6 is 0 Å². The number of carboxylic acids is 1. The van der Waals surface area contributed by atoms with Gasteiger partial charge in [0.1, 0.15) is 18.2 Å². The third-order valence-corrected chi connectivity index (χ3v) is 4.19. The first-order chi connectivity index (χ1) is 13.0. The molecule has 27 heavy (non-hydrogen) atoms. The van der Waals surface area contributed by atoms with E-state index in [9.17, 15) is 14.3 Å². The zero-order chi connectivity index (χ0) is 19.4. The highest BCUT2D eigenvalue weighted by Crippen LogP contribution is 2.32. The van der Waals surface area contributed by atoms with Gasteiger partial charge in [-0.3, -0.25) is 4.98 Å². The average molecular weight is 365 g/mol. The molecule has 0 saturated carbocycles. The van der Waals surface area contributed by atoms with Crippen molar-refractivity contribution < 1.29 is 19.0 Å². The third kappa shape index (κ3) is 4.14. The number of pyridine rings is 1. The maximum Gasteiger partial charge on any atom is 0.337 e. The summed E-state index contributed by atoms with van der Waals surface area (Å²) in [6.45, 7) is 3.90. The highest BCUT2D eigenvalue weighted by atomic mass is 19.1. The molecule has 1 N–H and O–H groups in total. The first-order valence-electron chi connectivity index (χ1n) is 8.67. The Hall–Kier alpha value is -3.21. The van der Waals surface area contributed by atoms with Crippen molar-refractivity contribution in [3.8, 4) is 16.9 Å². The van der Waals surface area contributed by atoms with Crippen LogP contribution in [-0.2, 0) is 6.61 Å². The number of carboxylic acid groups (broad SMARTS) is 1. The lowest BCUT2D eigenvalue weighted by Crippen LogP contribution is -2.12. The monoisotopic (exact) mass is 365 g/mol. The van der Waals surface area contributed by atoms with Crippen LogP contribution in [0.4, 0.5) is 4.39 Å². The molecule has 3 rings (SSSR count). The van der Waals surface area contributed by atoms with Gasteiger partial charge in [-0.1, -0.05) is 50.2 Å². The summed E-state index contributed by atoms with van der Waals surface area (Å²) in [5, 5.41) is 9.64. The Morgan fingerprint density at radius 2 is 1.74 bits per heavy atom. The molecule has 0 fully saturated rings. The van der Waals surface area contributed by atoms with Gasteiger partial charge in [0.25, 0.3) is 0 Å². The molecular weight excluding hydrogens is 345 g/mol. The average Bonchev–Trinajstić information content (AvgIpc) is 2.67. The fraction of sp³-hybridized carbons (Fsp3) is 0.182. The number of halogens is 1. The van der Waals surface area contributed by atoms with Crippen molar-refractivity contribution in [3.05, 3.63) is 83.4 Å². The van der Waals surface area contributed by atoms with E-state index >= 15 is 0 Å². The fourth-order valence-electron chi connectivity index (χ4n) is 2.87. The molecule has 0 atom stereocenters. The Morgan fingerprint density at radius 3 is 2.37 bits per heavy atom. The van der Waals surface area contributed by atoms with E-state index in [0.717, 1.165) is 0 Å². The zero-order valence-corrected chi connectivity index (χ0v) is 15.1. The molecule has 0 aliphatic carbocycles. The summed E-state index contributed by atoms with van der Waals surface area (Å²) >= 11 is 0. The van der Waals surface area contributed by atoms with E-state index in [1.807, 2.05) is 32.0 Å². The van der Waals surface area contributed by atoms with Crippen LogP contribution in [0.1, 0.15) is 41.5 Å². The first-order valence-corrected chi connectivity index (χ1v) is 8.67. The van der Waals surface area contributed by atoms with Gasteiger partial charge >= 0.3 is 5.97 Å². The second-order valence-electron chi connectivity index (χ2n) is 6.46. The minimum absolute atomic E-state index is 0.00795. The number of aromatic carboxylic acids is 1. The highest BCUT2D eigenvalue weighted by Gasteiger charge is 2.21. The fourth-order valence-corrected chi connectivity index (χ4v) is 2.87. The van der Waals surface area contributed by atoms with E-state index in [0.29, 0.717) is 28.3 Å². The Labute approximate surface area is 157 Å². The van der Waals surface area contributed by atoms with Crippen LogP contribution in [0.3, 0.4) is 0 Å². The molecule has 2 aromatic carbocycles. The standard InChI is InChI=1S/C22H20FNO3/c1-14(2)21-17(16-10-6-7-11-19(16)23)12-18(22(25)26)20(24-21)13-27-15-8-4-3-5-9-15/h3-12,14H,13H2,1-2H3,(H,25,26). The third-order valence-electron chi connectivity index (χ3n) is 4.19. The molecule has 0 aliphatic heterocycles. The van der Waals surface area contributed by atoms with Crippen molar-refractivity contribution in [2.24, 2.45) is 0 Å². The van der Waals surface area contributed by atoms with Gasteiger partial charge in [-0.15, -0.1) is 0 Å². The Morgan fingerprint density at radius 1 is 1.07 bits per heavy atom. The summed E-state index contributed by atoms with van der Waals surface area (Å²) in [5.41, 5.74) is 1.79. The maximum atomic E-state index is 14.3. The summed E-state index contributed by atoms with van der Waals surface area (Å²) in [4.78, 5) is 16.3. The summed E-state index contributed by atoms with van der Waals surface area (Å²) in [6.07, 6.45) is 0. The topological polar surface area (TPSA) is 59.4 Å². The number of benzene rings is 2.